The molecule has 0 aliphatic carbocycles. The smallest absolute Gasteiger partial charge is 0.480 e. The number of aliphatic carboxylic acids is 2. The van der Waals surface area contributed by atoms with Gasteiger partial charge in [-0.05, 0) is 5.92 Å². The molecule has 8 nitrogen and oxygen atoms in total. The molecule has 114 valence electrons. The van der Waals surface area contributed by atoms with Crippen molar-refractivity contribution < 1.29 is 42.9 Å². The second-order valence-electron chi connectivity index (χ2n) is 3.25. The number of alkyl halides is 3. The summed E-state index contributed by atoms with van der Waals surface area (Å²) in [5, 5.41) is 22.5. The summed E-state index contributed by atoms with van der Waals surface area (Å²) in [4.78, 5) is 27.7. The van der Waals surface area contributed by atoms with Gasteiger partial charge in [-0.25, -0.2) is 9.59 Å². The molecule has 0 aromatic rings. The first-order valence-corrected chi connectivity index (χ1v) is 4.50. The van der Waals surface area contributed by atoms with Gasteiger partial charge in [0.1, 0.15) is 6.04 Å². The molecule has 19 heavy (non-hydrogen) atoms. The highest BCUT2D eigenvalue weighted by atomic mass is 19.4. The lowest BCUT2D eigenvalue weighted by atomic mass is 10.1. The van der Waals surface area contributed by atoms with E-state index in [1.165, 1.54) is 0 Å². The lowest BCUT2D eigenvalue weighted by Gasteiger charge is -2.07. The summed E-state index contributed by atoms with van der Waals surface area (Å²) < 4.78 is 31.7. The number of nitrogens with two attached hydrogens (primary N) is 2. The van der Waals surface area contributed by atoms with Gasteiger partial charge in [0.2, 0.25) is 0 Å². The fourth-order valence-electron chi connectivity index (χ4n) is 0.285. The summed E-state index contributed by atoms with van der Waals surface area (Å²) in [6, 6.07) is -0.713. The van der Waals surface area contributed by atoms with E-state index in [1.54, 1.807) is 13.8 Å². The molecule has 0 heterocycles. The third kappa shape index (κ3) is 21.7. The molecular formula is C8H15F3N2O6. The van der Waals surface area contributed by atoms with E-state index in [0.29, 0.717) is 0 Å². The van der Waals surface area contributed by atoms with Crippen LogP contribution in [-0.4, -0.2) is 45.6 Å². The first kappa shape index (κ1) is 22.2. The maximum Gasteiger partial charge on any atom is 0.490 e. The Morgan fingerprint density at radius 1 is 1.05 bits per heavy atom. The third-order valence-corrected chi connectivity index (χ3v) is 1.25. The van der Waals surface area contributed by atoms with Crippen molar-refractivity contribution in [3.05, 3.63) is 0 Å². The van der Waals surface area contributed by atoms with Crippen molar-refractivity contribution in [3.8, 4) is 0 Å². The lowest BCUT2D eigenvalue weighted by Crippen LogP contribution is -2.34. The second-order valence-corrected chi connectivity index (χ2v) is 3.25. The van der Waals surface area contributed by atoms with Crippen LogP contribution in [0.5, 0.6) is 0 Å². The number of amides is 1. The van der Waals surface area contributed by atoms with E-state index in [9.17, 15) is 18.0 Å². The third-order valence-electron chi connectivity index (χ3n) is 1.25. The van der Waals surface area contributed by atoms with Gasteiger partial charge in [-0.3, -0.25) is 4.79 Å². The van der Waals surface area contributed by atoms with Gasteiger partial charge in [0.25, 0.3) is 0 Å². The predicted octanol–water partition coefficient (Wildman–Crippen LogP) is 0.311. The monoisotopic (exact) mass is 292 g/mol. The SMILES string of the molecule is CC(C)C(N)C(=O)O.NC(=O)O.O=C(O)C(F)(F)F. The van der Waals surface area contributed by atoms with Crippen molar-refractivity contribution in [3.63, 3.8) is 0 Å². The zero-order valence-electron chi connectivity index (χ0n) is 10.0. The van der Waals surface area contributed by atoms with Gasteiger partial charge in [-0.1, -0.05) is 13.8 Å². The predicted molar refractivity (Wildman–Crippen MR) is 56.4 cm³/mol. The van der Waals surface area contributed by atoms with Crippen molar-refractivity contribution in [2.45, 2.75) is 26.1 Å². The number of rotatable bonds is 2. The Morgan fingerprint density at radius 2 is 1.26 bits per heavy atom. The number of hydrogen-bond acceptors (Lipinski definition) is 4. The molecule has 1 unspecified atom stereocenters. The average Bonchev–Trinajstić information content (AvgIpc) is 2.14. The van der Waals surface area contributed by atoms with E-state index < -0.39 is 30.2 Å². The first-order chi connectivity index (χ1) is 8.23. The summed E-state index contributed by atoms with van der Waals surface area (Å²) in [7, 11) is 0. The summed E-state index contributed by atoms with van der Waals surface area (Å²) in [5.41, 5.74) is 9.19. The molecule has 0 fully saturated rings. The molecular weight excluding hydrogens is 277 g/mol. The van der Waals surface area contributed by atoms with Crippen LogP contribution in [0.4, 0.5) is 18.0 Å². The molecule has 7 N–H and O–H groups in total. The largest absolute Gasteiger partial charge is 0.490 e. The van der Waals surface area contributed by atoms with Gasteiger partial charge in [0, 0.05) is 0 Å². The summed E-state index contributed by atoms with van der Waals surface area (Å²) >= 11 is 0. The number of primary amides is 1. The maximum atomic E-state index is 10.6. The number of halogens is 3. The number of carboxylic acid groups (broad SMARTS) is 3. The van der Waals surface area contributed by atoms with Crippen molar-refractivity contribution in [2.24, 2.45) is 17.4 Å². The van der Waals surface area contributed by atoms with Crippen LogP contribution in [0.3, 0.4) is 0 Å². The maximum absolute atomic E-state index is 10.6. The highest BCUT2D eigenvalue weighted by Gasteiger charge is 2.38. The molecule has 0 saturated heterocycles. The van der Waals surface area contributed by atoms with Crippen LogP contribution in [-0.2, 0) is 9.59 Å². The van der Waals surface area contributed by atoms with Gasteiger partial charge in [0.15, 0.2) is 0 Å². The molecule has 0 aromatic carbocycles. The average molecular weight is 292 g/mol. The lowest BCUT2D eigenvalue weighted by molar-refractivity contribution is -0.192. The van der Waals surface area contributed by atoms with Gasteiger partial charge in [0.05, 0.1) is 0 Å². The van der Waals surface area contributed by atoms with Crippen LogP contribution in [0.1, 0.15) is 13.8 Å². The summed E-state index contributed by atoms with van der Waals surface area (Å²) in [6.07, 6.45) is -6.42. The standard InChI is InChI=1S/C5H11NO2.C2HF3O2.CH3NO2/c1-3(2)4(6)5(7)8;3-2(4,5)1(6)7;2-1(3)4/h3-4H,6H2,1-2H3,(H,7,8);(H,6,7);2H2,(H,3,4). The molecule has 0 rings (SSSR count). The highest BCUT2D eigenvalue weighted by molar-refractivity contribution is 5.73. The Bertz CT molecular complexity index is 301. The Labute approximate surface area is 105 Å². The van der Waals surface area contributed by atoms with Crippen LogP contribution < -0.4 is 11.5 Å². The quantitative estimate of drug-likeness (QED) is 0.488. The van der Waals surface area contributed by atoms with Crippen LogP contribution in [0.15, 0.2) is 0 Å². The zero-order valence-corrected chi connectivity index (χ0v) is 10.0. The Balaban J connectivity index is -0.000000214. The Hall–Kier alpha value is -2.04. The van der Waals surface area contributed by atoms with Crippen LogP contribution >= 0.6 is 0 Å². The molecule has 0 saturated carbocycles. The van der Waals surface area contributed by atoms with E-state index >= 15 is 0 Å². The summed E-state index contributed by atoms with van der Waals surface area (Å²) in [5.74, 6) is -3.67. The summed E-state index contributed by atoms with van der Waals surface area (Å²) in [6.45, 7) is 3.55. The van der Waals surface area contributed by atoms with Crippen LogP contribution in [0.2, 0.25) is 0 Å². The number of carboxylic acids is 2. The normalized spacial score (nSPS) is 11.3. The van der Waals surface area contributed by atoms with E-state index in [2.05, 4.69) is 5.73 Å². The van der Waals surface area contributed by atoms with E-state index in [1.807, 2.05) is 0 Å². The zero-order chi connectivity index (χ0) is 16.4. The van der Waals surface area contributed by atoms with E-state index in [-0.39, 0.29) is 5.92 Å². The fraction of sp³-hybridized carbons (Fsp3) is 0.625. The number of carbonyl (C=O) groups is 3. The van der Waals surface area contributed by atoms with Gasteiger partial charge in [-0.2, -0.15) is 13.2 Å². The van der Waals surface area contributed by atoms with Gasteiger partial charge in [-0.15, -0.1) is 0 Å². The van der Waals surface area contributed by atoms with E-state index in [4.69, 9.17) is 30.6 Å². The second kappa shape index (κ2) is 9.94. The molecule has 1 amide bonds. The first-order valence-electron chi connectivity index (χ1n) is 4.50. The van der Waals surface area contributed by atoms with Crippen molar-refractivity contribution in [1.82, 2.24) is 0 Å². The van der Waals surface area contributed by atoms with E-state index in [0.717, 1.165) is 0 Å². The van der Waals surface area contributed by atoms with Gasteiger partial charge >= 0.3 is 24.2 Å². The van der Waals surface area contributed by atoms with Crippen molar-refractivity contribution >= 4 is 18.0 Å². The molecule has 0 aliphatic heterocycles. The van der Waals surface area contributed by atoms with Crippen LogP contribution in [0.25, 0.3) is 0 Å². The fourth-order valence-corrected chi connectivity index (χ4v) is 0.285. The van der Waals surface area contributed by atoms with Crippen molar-refractivity contribution in [1.29, 1.82) is 0 Å². The molecule has 11 heteroatoms. The minimum Gasteiger partial charge on any atom is -0.480 e. The molecule has 0 spiro atoms. The van der Waals surface area contributed by atoms with Crippen LogP contribution in [0, 0.1) is 5.92 Å². The minimum atomic E-state index is -5.08. The van der Waals surface area contributed by atoms with Crippen molar-refractivity contribution in [2.75, 3.05) is 0 Å². The Morgan fingerprint density at radius 3 is 1.26 bits per heavy atom. The topological polar surface area (TPSA) is 164 Å². The Kier molecular flexibility index (Phi) is 11.6. The molecule has 0 radical (unpaired) electrons. The molecule has 0 bridgehead atoms. The van der Waals surface area contributed by atoms with Gasteiger partial charge < -0.3 is 26.8 Å². The molecule has 0 aromatic heterocycles. The molecule has 0 aliphatic rings. The molecule has 1 atom stereocenters. The number of hydrogen-bond donors (Lipinski definition) is 5. The highest BCUT2D eigenvalue weighted by Crippen LogP contribution is 2.13. The minimum absolute atomic E-state index is 0.0208.